The van der Waals surface area contributed by atoms with Crippen molar-refractivity contribution in [2.24, 2.45) is 0 Å². The van der Waals surface area contributed by atoms with Crippen LogP contribution < -0.4 is 0 Å². The molecule has 0 spiro atoms. The van der Waals surface area contributed by atoms with E-state index in [1.165, 1.54) is 31.2 Å². The van der Waals surface area contributed by atoms with E-state index in [1.54, 1.807) is 0 Å². The summed E-state index contributed by atoms with van der Waals surface area (Å²) in [4.78, 5) is 0. The Morgan fingerprint density at radius 2 is 1.87 bits per heavy atom. The second kappa shape index (κ2) is 7.28. The van der Waals surface area contributed by atoms with E-state index < -0.39 is 0 Å². The van der Waals surface area contributed by atoms with Crippen LogP contribution in [0.15, 0.2) is 42.5 Å². The zero-order chi connectivity index (χ0) is 10.9. The highest BCUT2D eigenvalue weighted by molar-refractivity contribution is 5.23. The number of hydrogen-bond donors (Lipinski definition) is 0. The van der Waals surface area contributed by atoms with Crippen LogP contribution in [0.25, 0.3) is 0 Å². The fourth-order valence-electron chi connectivity index (χ4n) is 1.92. The van der Waals surface area contributed by atoms with Gasteiger partial charge in [0.2, 0.25) is 0 Å². The van der Waals surface area contributed by atoms with E-state index in [4.69, 9.17) is 0 Å². The minimum atomic E-state index is 0.614. The van der Waals surface area contributed by atoms with Gasteiger partial charge in [0.25, 0.3) is 0 Å². The predicted molar refractivity (Wildman–Crippen MR) is 68.1 cm³/mol. The fourth-order valence-corrected chi connectivity index (χ4v) is 1.92. The molecule has 1 rings (SSSR count). The molecule has 0 heteroatoms. The maximum absolute atomic E-state index is 2.32. The lowest BCUT2D eigenvalue weighted by molar-refractivity contribution is 0.628. The van der Waals surface area contributed by atoms with Crippen molar-refractivity contribution in [3.05, 3.63) is 48.0 Å². The summed E-state index contributed by atoms with van der Waals surface area (Å²) in [5.74, 6) is 0.614. The Balaban J connectivity index is 2.58. The summed E-state index contributed by atoms with van der Waals surface area (Å²) < 4.78 is 0. The van der Waals surface area contributed by atoms with Crippen molar-refractivity contribution in [2.75, 3.05) is 0 Å². The van der Waals surface area contributed by atoms with Gasteiger partial charge in [-0.25, -0.2) is 0 Å². The molecule has 82 valence electrons. The molecule has 0 nitrogen and oxygen atoms in total. The summed E-state index contributed by atoms with van der Waals surface area (Å²) in [5, 5.41) is 0. The highest BCUT2D eigenvalue weighted by Gasteiger charge is 2.05. The largest absolute Gasteiger partial charge is 0.0910 e. The van der Waals surface area contributed by atoms with Crippen molar-refractivity contribution < 1.29 is 0 Å². The molecular weight excluding hydrogens is 180 g/mol. The summed E-state index contributed by atoms with van der Waals surface area (Å²) in [6.07, 6.45) is 9.76. The Kier molecular flexibility index (Phi) is 5.84. The van der Waals surface area contributed by atoms with Gasteiger partial charge >= 0.3 is 0 Å². The van der Waals surface area contributed by atoms with Crippen LogP contribution in [0.4, 0.5) is 0 Å². The first-order valence-corrected chi connectivity index (χ1v) is 6.06. The normalized spacial score (nSPS) is 13.2. The predicted octanol–water partition coefficient (Wildman–Crippen LogP) is 4.93. The number of hydrogen-bond acceptors (Lipinski definition) is 0. The molecule has 0 aliphatic heterocycles. The number of benzene rings is 1. The third-order valence-electron chi connectivity index (χ3n) is 2.77. The molecule has 0 saturated carbocycles. The molecule has 0 amide bonds. The second-order valence-electron chi connectivity index (χ2n) is 4.04. The molecule has 0 aromatic heterocycles. The average molecular weight is 202 g/mol. The molecule has 15 heavy (non-hydrogen) atoms. The van der Waals surface area contributed by atoms with Gasteiger partial charge in [0.15, 0.2) is 0 Å². The lowest BCUT2D eigenvalue weighted by Gasteiger charge is -2.12. The lowest BCUT2D eigenvalue weighted by Crippen LogP contribution is -1.95. The molecule has 1 atom stereocenters. The molecule has 0 bridgehead atoms. The van der Waals surface area contributed by atoms with Crippen LogP contribution in [-0.2, 0) is 0 Å². The summed E-state index contributed by atoms with van der Waals surface area (Å²) in [6.45, 7) is 4.36. The maximum atomic E-state index is 2.32. The van der Waals surface area contributed by atoms with Crippen LogP contribution in [0.2, 0.25) is 0 Å². The first-order chi connectivity index (χ1) is 7.38. The Morgan fingerprint density at radius 3 is 2.47 bits per heavy atom. The van der Waals surface area contributed by atoms with Crippen LogP contribution in [0.3, 0.4) is 0 Å². The molecule has 0 N–H and O–H groups in total. The summed E-state index contributed by atoms with van der Waals surface area (Å²) in [5.41, 5.74) is 1.45. The topological polar surface area (TPSA) is 0 Å². The van der Waals surface area contributed by atoms with Crippen molar-refractivity contribution >= 4 is 0 Å². The van der Waals surface area contributed by atoms with Gasteiger partial charge in [-0.3, -0.25) is 0 Å². The smallest absolute Gasteiger partial charge is 0.00178 e. The minimum absolute atomic E-state index is 0.614. The van der Waals surface area contributed by atoms with Crippen LogP contribution in [0.1, 0.15) is 51.0 Å². The summed E-state index contributed by atoms with van der Waals surface area (Å²) in [7, 11) is 0. The van der Waals surface area contributed by atoms with Gasteiger partial charge in [0.1, 0.15) is 0 Å². The minimum Gasteiger partial charge on any atom is -0.0910 e. The van der Waals surface area contributed by atoms with Gasteiger partial charge in [-0.2, -0.15) is 0 Å². The molecule has 1 aromatic carbocycles. The Hall–Kier alpha value is -1.04. The first-order valence-electron chi connectivity index (χ1n) is 6.06. The van der Waals surface area contributed by atoms with E-state index in [0.717, 1.165) is 0 Å². The van der Waals surface area contributed by atoms with Crippen molar-refractivity contribution in [2.45, 2.75) is 45.4 Å². The number of allylic oxidation sites excluding steroid dienone is 2. The van der Waals surface area contributed by atoms with Gasteiger partial charge in [0, 0.05) is 5.92 Å². The first kappa shape index (κ1) is 12.0. The van der Waals surface area contributed by atoms with Crippen molar-refractivity contribution in [1.82, 2.24) is 0 Å². The molecule has 1 unspecified atom stereocenters. The van der Waals surface area contributed by atoms with E-state index in [-0.39, 0.29) is 0 Å². The lowest BCUT2D eigenvalue weighted by atomic mass is 9.93. The second-order valence-corrected chi connectivity index (χ2v) is 4.04. The van der Waals surface area contributed by atoms with Gasteiger partial charge < -0.3 is 0 Å². The third kappa shape index (κ3) is 4.33. The number of rotatable bonds is 6. The van der Waals surface area contributed by atoms with Crippen molar-refractivity contribution in [3.63, 3.8) is 0 Å². The SMILES string of the molecule is CC=CC(CCCCC)c1ccccc1. The Bertz CT molecular complexity index is 271. The van der Waals surface area contributed by atoms with E-state index in [1.807, 2.05) is 0 Å². The third-order valence-corrected chi connectivity index (χ3v) is 2.77. The molecule has 0 fully saturated rings. The zero-order valence-electron chi connectivity index (χ0n) is 9.95. The Morgan fingerprint density at radius 1 is 1.13 bits per heavy atom. The van der Waals surface area contributed by atoms with Gasteiger partial charge in [0.05, 0.1) is 0 Å². The van der Waals surface area contributed by atoms with E-state index >= 15 is 0 Å². The standard InChI is InChI=1S/C15H22/c1-3-5-7-11-14(10-4-2)15-12-8-6-9-13-15/h4,6,8-10,12-14H,3,5,7,11H2,1-2H3. The molecular formula is C15H22. The van der Waals surface area contributed by atoms with E-state index in [9.17, 15) is 0 Å². The number of unbranched alkanes of at least 4 members (excludes halogenated alkanes) is 2. The molecule has 0 aliphatic rings. The van der Waals surface area contributed by atoms with Gasteiger partial charge in [-0.1, -0.05) is 68.7 Å². The summed E-state index contributed by atoms with van der Waals surface area (Å²) in [6, 6.07) is 10.8. The monoisotopic (exact) mass is 202 g/mol. The highest BCUT2D eigenvalue weighted by atomic mass is 14.1. The van der Waals surface area contributed by atoms with Crippen LogP contribution in [-0.4, -0.2) is 0 Å². The quantitative estimate of drug-likeness (QED) is 0.453. The average Bonchev–Trinajstić information content (AvgIpc) is 2.29. The molecule has 0 heterocycles. The van der Waals surface area contributed by atoms with Gasteiger partial charge in [-0.15, -0.1) is 0 Å². The fraction of sp³-hybridized carbons (Fsp3) is 0.467. The molecule has 1 aromatic rings. The molecule has 0 radical (unpaired) electrons. The van der Waals surface area contributed by atoms with Crippen molar-refractivity contribution in [3.8, 4) is 0 Å². The zero-order valence-corrected chi connectivity index (χ0v) is 9.95. The van der Waals surface area contributed by atoms with Crippen LogP contribution in [0.5, 0.6) is 0 Å². The summed E-state index contributed by atoms with van der Waals surface area (Å²) >= 11 is 0. The van der Waals surface area contributed by atoms with Gasteiger partial charge in [-0.05, 0) is 18.9 Å². The van der Waals surface area contributed by atoms with Crippen molar-refractivity contribution in [1.29, 1.82) is 0 Å². The molecule has 0 aliphatic carbocycles. The van der Waals surface area contributed by atoms with E-state index in [0.29, 0.717) is 5.92 Å². The van der Waals surface area contributed by atoms with Crippen LogP contribution in [0, 0.1) is 0 Å². The van der Waals surface area contributed by atoms with E-state index in [2.05, 4.69) is 56.3 Å². The Labute approximate surface area is 94.0 Å². The highest BCUT2D eigenvalue weighted by Crippen LogP contribution is 2.23. The maximum Gasteiger partial charge on any atom is 0.00178 e. The molecule has 0 saturated heterocycles. The van der Waals surface area contributed by atoms with Crippen LogP contribution >= 0.6 is 0 Å².